The van der Waals surface area contributed by atoms with Crippen LogP contribution in [0, 0.1) is 0 Å². The van der Waals surface area contributed by atoms with Crippen LogP contribution in [0.3, 0.4) is 0 Å². The number of anilines is 1. The molecular weight excluding hydrogens is 538 g/mol. The van der Waals surface area contributed by atoms with E-state index in [1.807, 2.05) is 0 Å². The maximum absolute atomic E-state index is 13.8. The molecule has 0 aliphatic rings. The summed E-state index contributed by atoms with van der Waals surface area (Å²) in [4.78, 5) is 4.37. The standard InChI is InChI=1S/C24H18F10N2O2/c25-21(26)19-11-18(7-8-35-19)38-17-6-2-5-16(10-17)36(13-20(37)23(29,30)31)12-14-3-1-4-15(9-14)22(27,28)24(32,33)34/h1-11,20-21,37H,12-13H2. The number of rotatable bonds is 9. The molecule has 1 N–H and O–H groups in total. The maximum atomic E-state index is 13.8. The fourth-order valence-electron chi connectivity index (χ4n) is 3.31. The van der Waals surface area contributed by atoms with Crippen LogP contribution in [0.25, 0.3) is 0 Å². The van der Waals surface area contributed by atoms with Crippen molar-refractivity contribution in [3.63, 3.8) is 0 Å². The van der Waals surface area contributed by atoms with Crippen molar-refractivity contribution in [3.8, 4) is 11.5 Å². The summed E-state index contributed by atoms with van der Waals surface area (Å²) in [6, 6.07) is 10.4. The van der Waals surface area contributed by atoms with Crippen molar-refractivity contribution in [2.45, 2.75) is 37.3 Å². The molecule has 0 radical (unpaired) electrons. The predicted octanol–water partition coefficient (Wildman–Crippen LogP) is 7.40. The van der Waals surface area contributed by atoms with Gasteiger partial charge in [-0.2, -0.15) is 35.1 Å². The number of halogens is 10. The lowest BCUT2D eigenvalue weighted by Gasteiger charge is -2.29. The molecule has 0 saturated carbocycles. The summed E-state index contributed by atoms with van der Waals surface area (Å²) in [6.07, 6.45) is -15.7. The average molecular weight is 556 g/mol. The van der Waals surface area contributed by atoms with Crippen molar-refractivity contribution in [2.75, 3.05) is 11.4 Å². The van der Waals surface area contributed by atoms with E-state index in [4.69, 9.17) is 4.74 Å². The normalized spacial score (nSPS) is 13.5. The number of hydrogen-bond acceptors (Lipinski definition) is 4. The third kappa shape index (κ3) is 7.05. The molecule has 0 aliphatic heterocycles. The largest absolute Gasteiger partial charge is 0.458 e. The quantitative estimate of drug-likeness (QED) is 0.279. The van der Waals surface area contributed by atoms with E-state index in [2.05, 4.69) is 4.98 Å². The fourth-order valence-corrected chi connectivity index (χ4v) is 3.31. The van der Waals surface area contributed by atoms with Crippen molar-refractivity contribution in [3.05, 3.63) is 83.7 Å². The Bertz CT molecular complexity index is 1230. The van der Waals surface area contributed by atoms with Gasteiger partial charge in [0.15, 0.2) is 6.10 Å². The molecule has 206 valence electrons. The molecular formula is C24H18F10N2O2. The number of alkyl halides is 10. The Kier molecular flexibility index (Phi) is 8.44. The van der Waals surface area contributed by atoms with Gasteiger partial charge in [-0.05, 0) is 29.8 Å². The van der Waals surface area contributed by atoms with E-state index in [9.17, 15) is 49.0 Å². The SMILES string of the molecule is OC(CN(Cc1cccc(C(F)(F)C(F)(F)F)c1)c1cccc(Oc2ccnc(C(F)F)c2)c1)C(F)(F)F. The minimum absolute atomic E-state index is 0.0298. The Hall–Kier alpha value is -3.55. The molecule has 1 heterocycles. The summed E-state index contributed by atoms with van der Waals surface area (Å²) in [5.41, 5.74) is -2.25. The summed E-state index contributed by atoms with van der Waals surface area (Å²) >= 11 is 0. The van der Waals surface area contributed by atoms with Gasteiger partial charge in [0.1, 0.15) is 17.2 Å². The number of nitrogens with zero attached hydrogens (tertiary/aromatic N) is 2. The van der Waals surface area contributed by atoms with Crippen LogP contribution in [0.15, 0.2) is 66.9 Å². The molecule has 1 unspecified atom stereocenters. The van der Waals surface area contributed by atoms with E-state index in [1.54, 1.807) is 0 Å². The van der Waals surface area contributed by atoms with Crippen LogP contribution in [0.5, 0.6) is 11.5 Å². The van der Waals surface area contributed by atoms with E-state index in [0.717, 1.165) is 29.3 Å². The lowest BCUT2D eigenvalue weighted by Crippen LogP contribution is -2.41. The molecule has 1 atom stereocenters. The summed E-state index contributed by atoms with van der Waals surface area (Å²) in [5.74, 6) is -5.32. The first-order chi connectivity index (χ1) is 17.6. The monoisotopic (exact) mass is 556 g/mol. The minimum atomic E-state index is -5.90. The zero-order valence-corrected chi connectivity index (χ0v) is 18.9. The molecule has 2 aromatic carbocycles. The molecule has 14 heteroatoms. The molecule has 0 spiro atoms. The Morgan fingerprint density at radius 2 is 1.50 bits per heavy atom. The fraction of sp³-hybridized carbons (Fsp3) is 0.292. The van der Waals surface area contributed by atoms with Gasteiger partial charge in [0.2, 0.25) is 0 Å². The second-order valence-electron chi connectivity index (χ2n) is 8.03. The highest BCUT2D eigenvalue weighted by Crippen LogP contribution is 2.44. The zero-order valence-electron chi connectivity index (χ0n) is 18.9. The van der Waals surface area contributed by atoms with Crippen LogP contribution in [0.4, 0.5) is 49.6 Å². The number of benzene rings is 2. The Labute approximate surface area is 209 Å². The first-order valence-corrected chi connectivity index (χ1v) is 10.6. The van der Waals surface area contributed by atoms with Crippen molar-refractivity contribution < 1.29 is 53.7 Å². The third-order valence-electron chi connectivity index (χ3n) is 5.18. The van der Waals surface area contributed by atoms with Gasteiger partial charge in [0.25, 0.3) is 6.43 Å². The molecule has 0 bridgehead atoms. The van der Waals surface area contributed by atoms with Gasteiger partial charge in [-0.15, -0.1) is 0 Å². The highest BCUT2D eigenvalue weighted by molar-refractivity contribution is 5.52. The zero-order chi connectivity index (χ0) is 28.3. The van der Waals surface area contributed by atoms with Gasteiger partial charge < -0.3 is 14.7 Å². The van der Waals surface area contributed by atoms with Crippen molar-refractivity contribution in [2.24, 2.45) is 0 Å². The molecule has 0 saturated heterocycles. The number of hydrogen-bond donors (Lipinski definition) is 1. The summed E-state index contributed by atoms with van der Waals surface area (Å²) in [6.45, 7) is -1.72. The molecule has 1 aromatic heterocycles. The third-order valence-corrected chi connectivity index (χ3v) is 5.18. The first-order valence-electron chi connectivity index (χ1n) is 10.6. The summed E-state index contributed by atoms with van der Waals surface area (Å²) in [5, 5.41) is 9.63. The lowest BCUT2D eigenvalue weighted by atomic mass is 10.0. The van der Waals surface area contributed by atoms with Gasteiger partial charge in [-0.25, -0.2) is 8.78 Å². The lowest BCUT2D eigenvalue weighted by molar-refractivity contribution is -0.289. The smallest absolute Gasteiger partial charge is 0.457 e. The Balaban J connectivity index is 1.94. The highest BCUT2D eigenvalue weighted by Gasteiger charge is 2.58. The number of aromatic nitrogens is 1. The minimum Gasteiger partial charge on any atom is -0.457 e. The average Bonchev–Trinajstić information content (AvgIpc) is 2.83. The molecule has 0 fully saturated rings. The summed E-state index contributed by atoms with van der Waals surface area (Å²) < 4.78 is 137. The first kappa shape index (κ1) is 29.0. The molecule has 3 aromatic rings. The van der Waals surface area contributed by atoms with Gasteiger partial charge in [-0.3, -0.25) is 4.98 Å². The topological polar surface area (TPSA) is 45.6 Å². The summed E-state index contributed by atoms with van der Waals surface area (Å²) in [7, 11) is 0. The van der Waals surface area contributed by atoms with Crippen LogP contribution >= 0.6 is 0 Å². The van der Waals surface area contributed by atoms with Crippen LogP contribution in [0.2, 0.25) is 0 Å². The Morgan fingerprint density at radius 1 is 0.842 bits per heavy atom. The highest BCUT2D eigenvalue weighted by atomic mass is 19.4. The molecule has 0 aliphatic carbocycles. The van der Waals surface area contributed by atoms with Crippen molar-refractivity contribution in [1.82, 2.24) is 4.98 Å². The van der Waals surface area contributed by atoms with E-state index in [-0.39, 0.29) is 22.7 Å². The van der Waals surface area contributed by atoms with E-state index >= 15 is 0 Å². The molecule has 3 rings (SSSR count). The van der Waals surface area contributed by atoms with E-state index < -0.39 is 55.2 Å². The molecule has 0 amide bonds. The Morgan fingerprint density at radius 3 is 2.13 bits per heavy atom. The van der Waals surface area contributed by atoms with Crippen LogP contribution in [-0.4, -0.2) is 35.1 Å². The predicted molar refractivity (Wildman–Crippen MR) is 115 cm³/mol. The van der Waals surface area contributed by atoms with E-state index in [0.29, 0.717) is 12.1 Å². The number of aliphatic hydroxyl groups excluding tert-OH is 1. The van der Waals surface area contributed by atoms with Crippen molar-refractivity contribution in [1.29, 1.82) is 0 Å². The maximum Gasteiger partial charge on any atom is 0.458 e. The number of ether oxygens (including phenoxy) is 1. The number of aliphatic hydroxyl groups is 1. The van der Waals surface area contributed by atoms with E-state index in [1.165, 1.54) is 30.3 Å². The molecule has 4 nitrogen and oxygen atoms in total. The second kappa shape index (κ2) is 11.1. The second-order valence-corrected chi connectivity index (χ2v) is 8.03. The van der Waals surface area contributed by atoms with Gasteiger partial charge in [0.05, 0.1) is 6.54 Å². The van der Waals surface area contributed by atoms with Gasteiger partial charge in [-0.1, -0.05) is 24.3 Å². The van der Waals surface area contributed by atoms with Crippen LogP contribution < -0.4 is 9.64 Å². The number of pyridine rings is 1. The van der Waals surface area contributed by atoms with Gasteiger partial charge in [0, 0.05) is 36.1 Å². The van der Waals surface area contributed by atoms with Gasteiger partial charge >= 0.3 is 18.3 Å². The van der Waals surface area contributed by atoms with Crippen molar-refractivity contribution >= 4 is 5.69 Å². The van der Waals surface area contributed by atoms with Crippen LogP contribution in [0.1, 0.15) is 23.2 Å². The molecule has 38 heavy (non-hydrogen) atoms. The van der Waals surface area contributed by atoms with Crippen LogP contribution in [-0.2, 0) is 12.5 Å².